The highest BCUT2D eigenvalue weighted by atomic mass is 35.5. The van der Waals surface area contributed by atoms with Crippen LogP contribution in [0.4, 0.5) is 5.69 Å². The number of rotatable bonds is 4. The molecule has 0 aliphatic carbocycles. The zero-order valence-corrected chi connectivity index (χ0v) is 16.8. The second kappa shape index (κ2) is 7.89. The first-order valence-electron chi connectivity index (χ1n) is 9.19. The molecular weight excluding hydrogens is 384 g/mol. The van der Waals surface area contributed by atoms with Crippen molar-refractivity contribution >= 4 is 23.2 Å². The molecule has 0 unspecified atom stereocenters. The topological polar surface area (TPSA) is 59.8 Å². The quantitative estimate of drug-likeness (QED) is 0.493. The minimum atomic E-state index is -0.359. The smallest absolute Gasteiger partial charge is 0.295 e. The van der Waals surface area contributed by atoms with Gasteiger partial charge in [0.25, 0.3) is 5.91 Å². The first-order chi connectivity index (χ1) is 14.0. The summed E-state index contributed by atoms with van der Waals surface area (Å²) in [6.45, 7) is 3.93. The molecule has 0 fully saturated rings. The summed E-state index contributed by atoms with van der Waals surface area (Å²) < 4.78 is 1.70. The fourth-order valence-corrected chi connectivity index (χ4v) is 3.18. The summed E-state index contributed by atoms with van der Waals surface area (Å²) in [6, 6.07) is 22.8. The van der Waals surface area contributed by atoms with Crippen LogP contribution in [0.25, 0.3) is 17.1 Å². The Kier molecular flexibility index (Phi) is 5.14. The lowest BCUT2D eigenvalue weighted by Crippen LogP contribution is -2.15. The van der Waals surface area contributed by atoms with Crippen molar-refractivity contribution in [1.82, 2.24) is 14.8 Å². The molecule has 0 aliphatic heterocycles. The fraction of sp³-hybridized carbons (Fsp3) is 0.0870. The highest BCUT2D eigenvalue weighted by Crippen LogP contribution is 2.25. The maximum absolute atomic E-state index is 12.9. The molecule has 0 saturated carbocycles. The van der Waals surface area contributed by atoms with Crippen LogP contribution in [-0.2, 0) is 0 Å². The lowest BCUT2D eigenvalue weighted by atomic mass is 10.2. The van der Waals surface area contributed by atoms with E-state index in [2.05, 4.69) is 15.4 Å². The molecule has 6 heteroatoms. The van der Waals surface area contributed by atoms with Crippen molar-refractivity contribution in [3.63, 3.8) is 0 Å². The van der Waals surface area contributed by atoms with E-state index >= 15 is 0 Å². The van der Waals surface area contributed by atoms with Crippen LogP contribution < -0.4 is 5.32 Å². The van der Waals surface area contributed by atoms with Crippen molar-refractivity contribution in [2.45, 2.75) is 13.8 Å². The van der Waals surface area contributed by atoms with Gasteiger partial charge in [0.05, 0.1) is 5.69 Å². The monoisotopic (exact) mass is 402 g/mol. The number of hydrogen-bond donors (Lipinski definition) is 1. The van der Waals surface area contributed by atoms with Gasteiger partial charge in [-0.05, 0) is 61.4 Å². The molecule has 1 N–H and O–H groups in total. The van der Waals surface area contributed by atoms with Crippen LogP contribution in [0.15, 0.2) is 72.8 Å². The molecule has 0 atom stereocenters. The van der Waals surface area contributed by atoms with E-state index in [1.54, 1.807) is 16.8 Å². The van der Waals surface area contributed by atoms with E-state index < -0.39 is 0 Å². The van der Waals surface area contributed by atoms with E-state index in [1.807, 2.05) is 74.5 Å². The second-order valence-electron chi connectivity index (χ2n) is 6.73. The van der Waals surface area contributed by atoms with E-state index in [9.17, 15) is 4.79 Å². The van der Waals surface area contributed by atoms with Crippen LogP contribution in [0.3, 0.4) is 0 Å². The standard InChI is InChI=1S/C23H19ClN4O/c1-15-7-3-5-9-19(15)25-23(29)21-26-22(17-11-13-18(24)14-12-17)28(27-21)20-10-6-4-8-16(20)2/h3-14H,1-2H3,(H,25,29). The Morgan fingerprint density at radius 2 is 1.55 bits per heavy atom. The molecule has 144 valence electrons. The van der Waals surface area contributed by atoms with Gasteiger partial charge in [0, 0.05) is 16.3 Å². The first kappa shape index (κ1) is 18.9. The molecule has 4 aromatic rings. The summed E-state index contributed by atoms with van der Waals surface area (Å²) in [5.41, 5.74) is 4.41. The number of nitrogens with one attached hydrogen (secondary N) is 1. The number of aryl methyl sites for hydroxylation is 2. The molecule has 1 heterocycles. The second-order valence-corrected chi connectivity index (χ2v) is 7.17. The van der Waals surface area contributed by atoms with E-state index in [-0.39, 0.29) is 11.7 Å². The maximum Gasteiger partial charge on any atom is 0.295 e. The normalized spacial score (nSPS) is 10.7. The molecule has 29 heavy (non-hydrogen) atoms. The highest BCUT2D eigenvalue weighted by Gasteiger charge is 2.20. The van der Waals surface area contributed by atoms with Gasteiger partial charge in [0.2, 0.25) is 5.82 Å². The van der Waals surface area contributed by atoms with Gasteiger partial charge in [-0.1, -0.05) is 48.0 Å². The van der Waals surface area contributed by atoms with E-state index in [4.69, 9.17) is 11.6 Å². The third-order valence-electron chi connectivity index (χ3n) is 4.65. The Morgan fingerprint density at radius 3 is 2.24 bits per heavy atom. The van der Waals surface area contributed by atoms with Gasteiger partial charge in [-0.2, -0.15) is 0 Å². The molecule has 3 aromatic carbocycles. The molecule has 0 saturated heterocycles. The van der Waals surface area contributed by atoms with Gasteiger partial charge in [-0.15, -0.1) is 5.10 Å². The first-order valence-corrected chi connectivity index (χ1v) is 9.57. The minimum Gasteiger partial charge on any atom is -0.319 e. The number of para-hydroxylation sites is 2. The summed E-state index contributed by atoms with van der Waals surface area (Å²) in [4.78, 5) is 17.4. The van der Waals surface area contributed by atoms with Crippen LogP contribution in [0, 0.1) is 13.8 Å². The molecule has 0 radical (unpaired) electrons. The molecule has 4 rings (SSSR count). The maximum atomic E-state index is 12.9. The lowest BCUT2D eigenvalue weighted by Gasteiger charge is -2.08. The van der Waals surface area contributed by atoms with Crippen molar-refractivity contribution in [2.24, 2.45) is 0 Å². The van der Waals surface area contributed by atoms with Gasteiger partial charge < -0.3 is 5.32 Å². The van der Waals surface area contributed by atoms with Gasteiger partial charge >= 0.3 is 0 Å². The summed E-state index contributed by atoms with van der Waals surface area (Å²) in [6.07, 6.45) is 0. The molecule has 1 aromatic heterocycles. The number of carbonyl (C=O) groups is 1. The molecule has 1 amide bonds. The zero-order chi connectivity index (χ0) is 20.4. The number of aromatic nitrogens is 3. The fourth-order valence-electron chi connectivity index (χ4n) is 3.05. The molecular formula is C23H19ClN4O. The van der Waals surface area contributed by atoms with Crippen LogP contribution in [0.2, 0.25) is 5.02 Å². The van der Waals surface area contributed by atoms with Crippen LogP contribution in [-0.4, -0.2) is 20.7 Å². The van der Waals surface area contributed by atoms with Crippen molar-refractivity contribution in [2.75, 3.05) is 5.32 Å². The number of amides is 1. The number of halogens is 1. The van der Waals surface area contributed by atoms with Gasteiger partial charge in [0.1, 0.15) is 0 Å². The summed E-state index contributed by atoms with van der Waals surface area (Å²) in [5.74, 6) is 0.314. The predicted molar refractivity (Wildman–Crippen MR) is 116 cm³/mol. The Morgan fingerprint density at radius 1 is 0.897 bits per heavy atom. The van der Waals surface area contributed by atoms with Gasteiger partial charge in [-0.25, -0.2) is 9.67 Å². The van der Waals surface area contributed by atoms with Gasteiger partial charge in [0.15, 0.2) is 5.82 Å². The number of nitrogens with zero attached hydrogens (tertiary/aromatic N) is 3. The van der Waals surface area contributed by atoms with Crippen LogP contribution in [0.5, 0.6) is 0 Å². The van der Waals surface area contributed by atoms with Crippen molar-refractivity contribution in [3.05, 3.63) is 94.8 Å². The Hall–Kier alpha value is -3.44. The van der Waals surface area contributed by atoms with Crippen LogP contribution >= 0.6 is 11.6 Å². The largest absolute Gasteiger partial charge is 0.319 e. The minimum absolute atomic E-state index is 0.0986. The SMILES string of the molecule is Cc1ccccc1NC(=O)c1nc(-c2ccc(Cl)cc2)n(-c2ccccc2C)n1. The Balaban J connectivity index is 1.79. The van der Waals surface area contributed by atoms with E-state index in [1.165, 1.54) is 0 Å². The Labute approximate surface area is 174 Å². The molecule has 0 bridgehead atoms. The summed E-state index contributed by atoms with van der Waals surface area (Å²) in [5, 5.41) is 8.05. The summed E-state index contributed by atoms with van der Waals surface area (Å²) in [7, 11) is 0. The molecule has 0 aliphatic rings. The molecule has 0 spiro atoms. The van der Waals surface area contributed by atoms with Gasteiger partial charge in [-0.3, -0.25) is 4.79 Å². The van der Waals surface area contributed by atoms with E-state index in [0.717, 1.165) is 28.1 Å². The number of hydrogen-bond acceptors (Lipinski definition) is 3. The average molecular weight is 403 g/mol. The van der Waals surface area contributed by atoms with E-state index in [0.29, 0.717) is 10.8 Å². The number of anilines is 1. The van der Waals surface area contributed by atoms with Crippen molar-refractivity contribution in [1.29, 1.82) is 0 Å². The number of benzene rings is 3. The lowest BCUT2D eigenvalue weighted by molar-refractivity contribution is 0.101. The third-order valence-corrected chi connectivity index (χ3v) is 4.90. The van der Waals surface area contributed by atoms with Crippen molar-refractivity contribution < 1.29 is 4.79 Å². The zero-order valence-electron chi connectivity index (χ0n) is 16.1. The molecule has 5 nitrogen and oxygen atoms in total. The highest BCUT2D eigenvalue weighted by molar-refractivity contribution is 6.30. The van der Waals surface area contributed by atoms with Crippen molar-refractivity contribution in [3.8, 4) is 17.1 Å². The third kappa shape index (κ3) is 3.91. The van der Waals surface area contributed by atoms with Crippen LogP contribution in [0.1, 0.15) is 21.7 Å². The Bertz CT molecular complexity index is 1180. The average Bonchev–Trinajstić information content (AvgIpc) is 3.16. The predicted octanol–water partition coefficient (Wildman–Crippen LogP) is 5.46. The number of carbonyl (C=O) groups excluding carboxylic acids is 1. The summed E-state index contributed by atoms with van der Waals surface area (Å²) >= 11 is 6.03.